The van der Waals surface area contributed by atoms with E-state index in [1.165, 1.54) is 0 Å². The number of carbonyl (C=O) groups excluding carboxylic acids is 2. The maximum atomic E-state index is 11.7. The van der Waals surface area contributed by atoms with Crippen LogP contribution in [-0.2, 0) is 4.79 Å². The molecule has 104 valence electrons. The van der Waals surface area contributed by atoms with Crippen LogP contribution in [0.3, 0.4) is 0 Å². The lowest BCUT2D eigenvalue weighted by Gasteiger charge is -2.30. The van der Waals surface area contributed by atoms with E-state index < -0.39 is 11.9 Å². The van der Waals surface area contributed by atoms with Gasteiger partial charge in [0.15, 0.2) is 0 Å². The van der Waals surface area contributed by atoms with Gasteiger partial charge in [0.1, 0.15) is 0 Å². The molecular formula is C14H21N3O2. The summed E-state index contributed by atoms with van der Waals surface area (Å²) in [4.78, 5) is 24.3. The number of urea groups is 1. The third-order valence-electron chi connectivity index (χ3n) is 2.87. The summed E-state index contributed by atoms with van der Waals surface area (Å²) in [7, 11) is 0. The van der Waals surface area contributed by atoms with Crippen molar-refractivity contribution in [3.05, 3.63) is 29.3 Å². The molecule has 0 spiro atoms. The van der Waals surface area contributed by atoms with Gasteiger partial charge >= 0.3 is 6.03 Å². The first-order chi connectivity index (χ1) is 8.81. The Labute approximate surface area is 113 Å². The molecule has 0 radical (unpaired) electrons. The molecule has 1 aromatic rings. The van der Waals surface area contributed by atoms with Crippen LogP contribution in [0.25, 0.3) is 0 Å². The minimum absolute atomic E-state index is 0.102. The Morgan fingerprint density at radius 2 is 1.95 bits per heavy atom. The molecule has 0 heterocycles. The van der Waals surface area contributed by atoms with Gasteiger partial charge in [-0.1, -0.05) is 12.1 Å². The van der Waals surface area contributed by atoms with Crippen molar-refractivity contribution in [1.29, 1.82) is 0 Å². The highest BCUT2D eigenvalue weighted by molar-refractivity contribution is 5.95. The van der Waals surface area contributed by atoms with E-state index in [1.807, 2.05) is 50.8 Å². The molecule has 1 aromatic carbocycles. The summed E-state index contributed by atoms with van der Waals surface area (Å²) >= 11 is 0. The number of aryl methyl sites for hydroxylation is 2. The molecule has 0 atom stereocenters. The molecule has 0 bridgehead atoms. The third kappa shape index (κ3) is 4.28. The second kappa shape index (κ2) is 6.22. The Morgan fingerprint density at radius 1 is 1.32 bits per heavy atom. The summed E-state index contributed by atoms with van der Waals surface area (Å²) in [6.45, 7) is 8.10. The van der Waals surface area contributed by atoms with Gasteiger partial charge in [-0.3, -0.25) is 10.1 Å². The van der Waals surface area contributed by atoms with Crippen molar-refractivity contribution in [3.63, 3.8) is 0 Å². The van der Waals surface area contributed by atoms with Crippen LogP contribution >= 0.6 is 0 Å². The Bertz CT molecular complexity index is 484. The maximum absolute atomic E-state index is 11.7. The zero-order valence-corrected chi connectivity index (χ0v) is 11.9. The largest absolute Gasteiger partial charge is 0.360 e. The molecule has 3 amide bonds. The van der Waals surface area contributed by atoms with E-state index >= 15 is 0 Å². The smallest absolute Gasteiger partial charge is 0.318 e. The fourth-order valence-electron chi connectivity index (χ4n) is 1.91. The second-order valence-corrected chi connectivity index (χ2v) is 4.92. The lowest BCUT2D eigenvalue weighted by atomic mass is 10.1. The second-order valence-electron chi connectivity index (χ2n) is 4.92. The summed E-state index contributed by atoms with van der Waals surface area (Å²) < 4.78 is 0. The minimum Gasteiger partial charge on any atom is -0.360 e. The normalized spacial score (nSPS) is 10.4. The average molecular weight is 263 g/mol. The Balaban J connectivity index is 2.97. The lowest BCUT2D eigenvalue weighted by molar-refractivity contribution is -0.118. The zero-order chi connectivity index (χ0) is 14.6. The predicted molar refractivity (Wildman–Crippen MR) is 76.1 cm³/mol. The van der Waals surface area contributed by atoms with Crippen molar-refractivity contribution >= 4 is 17.6 Å². The van der Waals surface area contributed by atoms with Gasteiger partial charge in [-0.15, -0.1) is 0 Å². The average Bonchev–Trinajstić information content (AvgIpc) is 2.28. The number of benzene rings is 1. The van der Waals surface area contributed by atoms with Gasteiger partial charge < -0.3 is 10.6 Å². The van der Waals surface area contributed by atoms with Crippen LogP contribution in [0.5, 0.6) is 0 Å². The molecule has 5 heteroatoms. The number of carbonyl (C=O) groups is 2. The molecule has 0 saturated heterocycles. The van der Waals surface area contributed by atoms with Crippen LogP contribution in [-0.4, -0.2) is 24.5 Å². The molecule has 0 aliphatic rings. The number of nitrogens with two attached hydrogens (primary N) is 1. The predicted octanol–water partition coefficient (Wildman–Crippen LogP) is 1.71. The molecule has 0 saturated carbocycles. The van der Waals surface area contributed by atoms with Crippen molar-refractivity contribution < 1.29 is 9.59 Å². The van der Waals surface area contributed by atoms with Crippen LogP contribution in [0, 0.1) is 13.8 Å². The first kappa shape index (κ1) is 15.0. The quantitative estimate of drug-likeness (QED) is 0.868. The van der Waals surface area contributed by atoms with E-state index in [0.29, 0.717) is 0 Å². The van der Waals surface area contributed by atoms with Gasteiger partial charge in [-0.2, -0.15) is 0 Å². The third-order valence-corrected chi connectivity index (χ3v) is 2.87. The molecular weight excluding hydrogens is 242 g/mol. The number of imide groups is 1. The van der Waals surface area contributed by atoms with Crippen LogP contribution in [0.15, 0.2) is 18.2 Å². The number of hydrogen-bond donors (Lipinski definition) is 2. The summed E-state index contributed by atoms with van der Waals surface area (Å²) in [6.07, 6.45) is 0. The Morgan fingerprint density at radius 3 is 2.47 bits per heavy atom. The van der Waals surface area contributed by atoms with Crippen LogP contribution in [0.2, 0.25) is 0 Å². The summed E-state index contributed by atoms with van der Waals surface area (Å²) in [5, 5.41) is 2.09. The van der Waals surface area contributed by atoms with Crippen LogP contribution < -0.4 is 16.0 Å². The highest BCUT2D eigenvalue weighted by atomic mass is 16.2. The summed E-state index contributed by atoms with van der Waals surface area (Å²) in [5.74, 6) is -0.401. The molecule has 0 aliphatic heterocycles. The fraction of sp³-hybridized carbons (Fsp3) is 0.429. The van der Waals surface area contributed by atoms with Gasteiger partial charge in [-0.25, -0.2) is 4.79 Å². The number of primary amides is 1. The molecule has 1 rings (SSSR count). The first-order valence-electron chi connectivity index (χ1n) is 6.24. The van der Waals surface area contributed by atoms with E-state index in [-0.39, 0.29) is 12.6 Å². The van der Waals surface area contributed by atoms with E-state index in [4.69, 9.17) is 5.73 Å². The highest BCUT2D eigenvalue weighted by Crippen LogP contribution is 2.23. The molecule has 19 heavy (non-hydrogen) atoms. The number of nitrogens with zero attached hydrogens (tertiary/aromatic N) is 1. The van der Waals surface area contributed by atoms with Crippen molar-refractivity contribution in [2.24, 2.45) is 5.73 Å². The minimum atomic E-state index is -0.824. The Kier molecular flexibility index (Phi) is 4.92. The monoisotopic (exact) mass is 263 g/mol. The highest BCUT2D eigenvalue weighted by Gasteiger charge is 2.17. The summed E-state index contributed by atoms with van der Waals surface area (Å²) in [5.41, 5.74) is 8.16. The number of nitrogens with one attached hydrogen (secondary N) is 1. The maximum Gasteiger partial charge on any atom is 0.318 e. The molecule has 0 aromatic heterocycles. The summed E-state index contributed by atoms with van der Waals surface area (Å²) in [6, 6.07) is 5.40. The number of rotatable bonds is 4. The number of hydrogen-bond acceptors (Lipinski definition) is 3. The van der Waals surface area contributed by atoms with E-state index in [9.17, 15) is 9.59 Å². The van der Waals surface area contributed by atoms with E-state index in [0.717, 1.165) is 16.8 Å². The molecule has 0 fully saturated rings. The van der Waals surface area contributed by atoms with Gasteiger partial charge in [0.25, 0.3) is 0 Å². The fourth-order valence-corrected chi connectivity index (χ4v) is 1.91. The zero-order valence-electron chi connectivity index (χ0n) is 11.9. The van der Waals surface area contributed by atoms with Crippen LogP contribution in [0.4, 0.5) is 10.5 Å². The van der Waals surface area contributed by atoms with Gasteiger partial charge in [0, 0.05) is 11.7 Å². The van der Waals surface area contributed by atoms with E-state index in [2.05, 4.69) is 5.32 Å². The van der Waals surface area contributed by atoms with Gasteiger partial charge in [0.05, 0.1) is 6.54 Å². The molecule has 0 unspecified atom stereocenters. The topological polar surface area (TPSA) is 75.4 Å². The van der Waals surface area contributed by atoms with Crippen molar-refractivity contribution in [1.82, 2.24) is 5.32 Å². The standard InChI is InChI=1S/C14H21N3O2/c1-9(2)17(8-13(18)16-14(15)19)12-7-10(3)5-6-11(12)4/h5-7,9H,8H2,1-4H3,(H3,15,16,18,19). The van der Waals surface area contributed by atoms with Crippen LogP contribution in [0.1, 0.15) is 25.0 Å². The van der Waals surface area contributed by atoms with Crippen molar-refractivity contribution in [2.45, 2.75) is 33.7 Å². The molecule has 3 N–H and O–H groups in total. The molecule has 0 aliphatic carbocycles. The number of amides is 3. The first-order valence-corrected chi connectivity index (χ1v) is 6.24. The van der Waals surface area contributed by atoms with Crippen molar-refractivity contribution in [2.75, 3.05) is 11.4 Å². The van der Waals surface area contributed by atoms with Crippen molar-refractivity contribution in [3.8, 4) is 0 Å². The lowest BCUT2D eigenvalue weighted by Crippen LogP contribution is -2.44. The van der Waals surface area contributed by atoms with Gasteiger partial charge in [0.2, 0.25) is 5.91 Å². The van der Waals surface area contributed by atoms with E-state index in [1.54, 1.807) is 0 Å². The van der Waals surface area contributed by atoms with Gasteiger partial charge in [-0.05, 0) is 44.9 Å². The Hall–Kier alpha value is -2.04. The SMILES string of the molecule is Cc1ccc(C)c(N(CC(=O)NC(N)=O)C(C)C)c1. The number of anilines is 1. The molecule has 5 nitrogen and oxygen atoms in total.